The van der Waals surface area contributed by atoms with Gasteiger partial charge in [-0.15, -0.1) is 0 Å². The Morgan fingerprint density at radius 2 is 2.00 bits per heavy atom. The standard InChI is InChI=1S/C17H18N2O4/c1-9-10(2)23-16(18-9)11-4-3-5-12(8-11)19-15(20)13-6-7-14(13)17(21)22/h3-5,8,13-14H,6-7H2,1-2H3,(H,19,20)(H,21,22). The number of anilines is 1. The largest absolute Gasteiger partial charge is 0.481 e. The fourth-order valence-corrected chi connectivity index (χ4v) is 2.67. The van der Waals surface area contributed by atoms with Gasteiger partial charge in [-0.2, -0.15) is 0 Å². The zero-order chi connectivity index (χ0) is 16.6. The summed E-state index contributed by atoms with van der Waals surface area (Å²) in [5.74, 6) is -0.926. The third kappa shape index (κ3) is 2.97. The summed E-state index contributed by atoms with van der Waals surface area (Å²) in [6, 6.07) is 7.19. The first kappa shape index (κ1) is 15.3. The van der Waals surface area contributed by atoms with Crippen LogP contribution in [0.5, 0.6) is 0 Å². The molecule has 2 N–H and O–H groups in total. The smallest absolute Gasteiger partial charge is 0.307 e. The van der Waals surface area contributed by atoms with Gasteiger partial charge in [0.05, 0.1) is 17.5 Å². The molecule has 0 aliphatic heterocycles. The lowest BCUT2D eigenvalue weighted by Crippen LogP contribution is -2.41. The number of hydrogen-bond acceptors (Lipinski definition) is 4. The second-order valence-corrected chi connectivity index (χ2v) is 5.86. The third-order valence-corrected chi connectivity index (χ3v) is 4.33. The van der Waals surface area contributed by atoms with Crippen molar-refractivity contribution in [3.8, 4) is 11.5 Å². The second kappa shape index (κ2) is 5.87. The van der Waals surface area contributed by atoms with E-state index in [2.05, 4.69) is 10.3 Å². The maximum atomic E-state index is 12.2. The van der Waals surface area contributed by atoms with Crippen molar-refractivity contribution in [1.82, 2.24) is 4.98 Å². The molecule has 1 aliphatic carbocycles. The normalized spacial score (nSPS) is 19.9. The van der Waals surface area contributed by atoms with Crippen LogP contribution in [0.1, 0.15) is 24.3 Å². The van der Waals surface area contributed by atoms with Crippen molar-refractivity contribution in [3.63, 3.8) is 0 Å². The SMILES string of the molecule is Cc1nc(-c2cccc(NC(=O)C3CCC3C(=O)O)c2)oc1C. The van der Waals surface area contributed by atoms with E-state index in [1.165, 1.54) is 0 Å². The number of carbonyl (C=O) groups is 2. The van der Waals surface area contributed by atoms with E-state index in [9.17, 15) is 9.59 Å². The molecule has 1 amide bonds. The molecule has 1 aliphatic rings. The molecule has 6 heteroatoms. The van der Waals surface area contributed by atoms with E-state index in [1.807, 2.05) is 19.9 Å². The lowest BCUT2D eigenvalue weighted by molar-refractivity contribution is -0.151. The van der Waals surface area contributed by atoms with Gasteiger partial charge in [-0.1, -0.05) is 6.07 Å². The van der Waals surface area contributed by atoms with Crippen LogP contribution < -0.4 is 5.32 Å². The molecular formula is C17H18N2O4. The highest BCUT2D eigenvalue weighted by molar-refractivity contribution is 5.96. The minimum Gasteiger partial charge on any atom is -0.481 e. The highest BCUT2D eigenvalue weighted by atomic mass is 16.4. The van der Waals surface area contributed by atoms with Gasteiger partial charge in [-0.3, -0.25) is 9.59 Å². The summed E-state index contributed by atoms with van der Waals surface area (Å²) < 4.78 is 5.59. The lowest BCUT2D eigenvalue weighted by atomic mass is 9.73. The van der Waals surface area contributed by atoms with Crippen LogP contribution in [0.2, 0.25) is 0 Å². The fourth-order valence-electron chi connectivity index (χ4n) is 2.67. The molecule has 0 spiro atoms. The summed E-state index contributed by atoms with van der Waals surface area (Å²) in [4.78, 5) is 27.6. The number of nitrogens with zero attached hydrogens (tertiary/aromatic N) is 1. The van der Waals surface area contributed by atoms with Crippen LogP contribution >= 0.6 is 0 Å². The molecule has 120 valence electrons. The first-order valence-electron chi connectivity index (χ1n) is 7.54. The Balaban J connectivity index is 1.75. The van der Waals surface area contributed by atoms with E-state index in [4.69, 9.17) is 9.52 Å². The summed E-state index contributed by atoms with van der Waals surface area (Å²) in [6.07, 6.45) is 1.17. The van der Waals surface area contributed by atoms with Crippen LogP contribution in [-0.2, 0) is 9.59 Å². The molecule has 1 fully saturated rings. The van der Waals surface area contributed by atoms with Crippen molar-refractivity contribution >= 4 is 17.6 Å². The molecule has 2 aromatic rings. The van der Waals surface area contributed by atoms with Crippen molar-refractivity contribution in [2.24, 2.45) is 11.8 Å². The maximum absolute atomic E-state index is 12.2. The number of rotatable bonds is 4. The van der Waals surface area contributed by atoms with Crippen molar-refractivity contribution in [3.05, 3.63) is 35.7 Å². The number of carboxylic acids is 1. The Kier molecular flexibility index (Phi) is 3.90. The van der Waals surface area contributed by atoms with Crippen LogP contribution in [0.3, 0.4) is 0 Å². The van der Waals surface area contributed by atoms with Crippen molar-refractivity contribution in [2.75, 3.05) is 5.32 Å². The number of aryl methyl sites for hydroxylation is 2. The number of hydrogen-bond donors (Lipinski definition) is 2. The van der Waals surface area contributed by atoms with E-state index in [1.54, 1.807) is 18.2 Å². The molecule has 0 radical (unpaired) electrons. The van der Waals surface area contributed by atoms with E-state index in [0.29, 0.717) is 24.4 Å². The Labute approximate surface area is 133 Å². The van der Waals surface area contributed by atoms with Gasteiger partial charge in [0.1, 0.15) is 5.76 Å². The molecule has 2 unspecified atom stereocenters. The monoisotopic (exact) mass is 314 g/mol. The minimum absolute atomic E-state index is 0.249. The van der Waals surface area contributed by atoms with Crippen molar-refractivity contribution < 1.29 is 19.1 Å². The van der Waals surface area contributed by atoms with E-state index in [-0.39, 0.29) is 5.91 Å². The highest BCUT2D eigenvalue weighted by Crippen LogP contribution is 2.35. The summed E-state index contributed by atoms with van der Waals surface area (Å²) in [5, 5.41) is 11.8. The number of oxazole rings is 1. The number of amides is 1. The zero-order valence-corrected chi connectivity index (χ0v) is 13.0. The summed E-state index contributed by atoms with van der Waals surface area (Å²) in [7, 11) is 0. The van der Waals surface area contributed by atoms with Crippen LogP contribution in [0.15, 0.2) is 28.7 Å². The van der Waals surface area contributed by atoms with Gasteiger partial charge in [0.2, 0.25) is 11.8 Å². The zero-order valence-electron chi connectivity index (χ0n) is 13.0. The van der Waals surface area contributed by atoms with Crippen molar-refractivity contribution in [1.29, 1.82) is 0 Å². The van der Waals surface area contributed by atoms with E-state index < -0.39 is 17.8 Å². The van der Waals surface area contributed by atoms with Crippen LogP contribution in [-0.4, -0.2) is 22.0 Å². The molecule has 1 saturated carbocycles. The molecule has 23 heavy (non-hydrogen) atoms. The molecule has 6 nitrogen and oxygen atoms in total. The molecule has 1 aromatic carbocycles. The topological polar surface area (TPSA) is 92.4 Å². The van der Waals surface area contributed by atoms with Gasteiger partial charge in [-0.05, 0) is 44.9 Å². The van der Waals surface area contributed by atoms with Crippen LogP contribution in [0, 0.1) is 25.7 Å². The Hall–Kier alpha value is -2.63. The Morgan fingerprint density at radius 1 is 1.26 bits per heavy atom. The molecule has 3 rings (SSSR count). The summed E-state index contributed by atoms with van der Waals surface area (Å²) >= 11 is 0. The molecule has 0 saturated heterocycles. The summed E-state index contributed by atoms with van der Waals surface area (Å²) in [5.41, 5.74) is 2.20. The average Bonchev–Trinajstić information content (AvgIpc) is 2.77. The quantitative estimate of drug-likeness (QED) is 0.905. The number of carboxylic acid groups (broad SMARTS) is 1. The van der Waals surface area contributed by atoms with E-state index >= 15 is 0 Å². The first-order valence-corrected chi connectivity index (χ1v) is 7.54. The molecule has 1 heterocycles. The van der Waals surface area contributed by atoms with Gasteiger partial charge in [0.25, 0.3) is 0 Å². The third-order valence-electron chi connectivity index (χ3n) is 4.33. The number of nitrogens with one attached hydrogen (secondary N) is 1. The molecule has 0 bridgehead atoms. The average molecular weight is 314 g/mol. The Morgan fingerprint density at radius 3 is 2.57 bits per heavy atom. The van der Waals surface area contributed by atoms with Gasteiger partial charge in [0.15, 0.2) is 0 Å². The second-order valence-electron chi connectivity index (χ2n) is 5.86. The fraction of sp³-hybridized carbons (Fsp3) is 0.353. The first-order chi connectivity index (χ1) is 11.0. The van der Waals surface area contributed by atoms with Crippen LogP contribution in [0.4, 0.5) is 5.69 Å². The predicted octanol–water partition coefficient (Wildman–Crippen LogP) is 3.01. The maximum Gasteiger partial charge on any atom is 0.307 e. The van der Waals surface area contributed by atoms with Crippen LogP contribution in [0.25, 0.3) is 11.5 Å². The minimum atomic E-state index is -0.907. The van der Waals surface area contributed by atoms with Gasteiger partial charge in [-0.25, -0.2) is 4.98 Å². The molecule has 2 atom stereocenters. The van der Waals surface area contributed by atoms with Gasteiger partial charge < -0.3 is 14.8 Å². The number of benzene rings is 1. The Bertz CT molecular complexity index is 746. The predicted molar refractivity (Wildman–Crippen MR) is 83.9 cm³/mol. The molecular weight excluding hydrogens is 296 g/mol. The van der Waals surface area contributed by atoms with Crippen molar-refractivity contribution in [2.45, 2.75) is 26.7 Å². The number of carbonyl (C=O) groups excluding carboxylic acids is 1. The van der Waals surface area contributed by atoms with Gasteiger partial charge in [0, 0.05) is 11.3 Å². The van der Waals surface area contributed by atoms with E-state index in [0.717, 1.165) is 17.0 Å². The number of aliphatic carboxylic acids is 1. The molecule has 1 aromatic heterocycles. The van der Waals surface area contributed by atoms with Gasteiger partial charge >= 0.3 is 5.97 Å². The summed E-state index contributed by atoms with van der Waals surface area (Å²) in [6.45, 7) is 3.72. The highest BCUT2D eigenvalue weighted by Gasteiger charge is 2.41. The number of aromatic nitrogens is 1. The lowest BCUT2D eigenvalue weighted by Gasteiger charge is -2.31.